The summed E-state index contributed by atoms with van der Waals surface area (Å²) in [5.74, 6) is 4.09. The Morgan fingerprint density at radius 2 is 1.88 bits per heavy atom. The Kier molecular flexibility index (Phi) is 6.37. The fraction of sp³-hybridized carbons (Fsp3) is 0.886. The second-order valence-corrected chi connectivity index (χ2v) is 16.9. The first-order valence-corrected chi connectivity index (χ1v) is 17.3. The van der Waals surface area contributed by atoms with E-state index in [1.807, 2.05) is 4.90 Å². The minimum atomic E-state index is -0.103. The number of nitrogens with zero attached hydrogens (tertiary/aromatic N) is 1. The maximum Gasteiger partial charge on any atom is 0.232 e. The van der Waals surface area contributed by atoms with Crippen LogP contribution in [0.25, 0.3) is 0 Å². The van der Waals surface area contributed by atoms with Crippen molar-refractivity contribution in [2.75, 3.05) is 32.8 Å². The minimum Gasteiger partial charge on any atom is -0.380 e. The Bertz CT molecular complexity index is 1160. The summed E-state index contributed by atoms with van der Waals surface area (Å²) < 4.78 is 12.4. The number of carbonyl (C=O) groups excluding carboxylic acids is 2. The van der Waals surface area contributed by atoms with Crippen molar-refractivity contribution in [1.82, 2.24) is 15.5 Å². The van der Waals surface area contributed by atoms with E-state index in [0.29, 0.717) is 23.4 Å². The maximum absolute atomic E-state index is 12.9. The highest BCUT2D eigenvalue weighted by Crippen LogP contribution is 2.70. The molecule has 0 unspecified atom stereocenters. The first-order valence-electron chi connectivity index (χ1n) is 17.3. The van der Waals surface area contributed by atoms with E-state index in [4.69, 9.17) is 9.47 Å². The Morgan fingerprint density at radius 1 is 1.07 bits per heavy atom. The van der Waals surface area contributed by atoms with E-state index in [9.17, 15) is 9.59 Å². The minimum absolute atomic E-state index is 0.0205. The van der Waals surface area contributed by atoms with Crippen molar-refractivity contribution in [3.05, 3.63) is 11.6 Å². The molecule has 0 aromatic rings. The Hall–Kier alpha value is -1.44. The van der Waals surface area contributed by atoms with Gasteiger partial charge in [-0.1, -0.05) is 39.3 Å². The van der Waals surface area contributed by atoms with Crippen molar-refractivity contribution in [3.63, 3.8) is 0 Å². The number of ether oxygens (including phenoxy) is 2. The smallest absolute Gasteiger partial charge is 0.232 e. The lowest BCUT2D eigenvalue weighted by atomic mass is 9.46. The Labute approximate surface area is 252 Å². The number of amides is 2. The summed E-state index contributed by atoms with van der Waals surface area (Å²) in [6, 6.07) is 0.153. The molecular weight excluding hydrogens is 526 g/mol. The van der Waals surface area contributed by atoms with Gasteiger partial charge in [-0.2, -0.15) is 0 Å². The lowest BCUT2D eigenvalue weighted by molar-refractivity contribution is -0.195. The fourth-order valence-corrected chi connectivity index (χ4v) is 12.0. The zero-order valence-electron chi connectivity index (χ0n) is 26.4. The zero-order chi connectivity index (χ0) is 29.1. The predicted molar refractivity (Wildman–Crippen MR) is 160 cm³/mol. The van der Waals surface area contributed by atoms with Gasteiger partial charge in [0.2, 0.25) is 11.8 Å². The topological polar surface area (TPSA) is 79.9 Å². The molecule has 2 N–H and O–H groups in total. The zero-order valence-corrected chi connectivity index (χ0v) is 26.4. The Morgan fingerprint density at radius 3 is 2.60 bits per heavy atom. The van der Waals surface area contributed by atoms with Crippen LogP contribution in [0.5, 0.6) is 0 Å². The number of nitrogens with one attached hydrogen (secondary N) is 2. The molecule has 4 aliphatic heterocycles. The maximum atomic E-state index is 12.9. The van der Waals surface area contributed by atoms with Crippen LogP contribution in [0.3, 0.4) is 0 Å². The van der Waals surface area contributed by atoms with Crippen LogP contribution in [0, 0.1) is 51.8 Å². The third kappa shape index (κ3) is 4.00. The van der Waals surface area contributed by atoms with Crippen molar-refractivity contribution < 1.29 is 19.1 Å². The number of hydrogen-bond donors (Lipinski definition) is 2. The second kappa shape index (κ2) is 9.53. The number of likely N-dealkylation sites (tertiary alicyclic amines) is 1. The van der Waals surface area contributed by atoms with E-state index in [-0.39, 0.29) is 40.8 Å². The van der Waals surface area contributed by atoms with Crippen molar-refractivity contribution in [3.8, 4) is 0 Å². The molecule has 8 rings (SSSR count). The molecule has 4 saturated heterocycles. The molecule has 42 heavy (non-hydrogen) atoms. The van der Waals surface area contributed by atoms with Gasteiger partial charge in [0, 0.05) is 31.6 Å². The first kappa shape index (κ1) is 28.1. The van der Waals surface area contributed by atoms with Gasteiger partial charge in [-0.3, -0.25) is 14.9 Å². The molecule has 232 valence electrons. The molecule has 7 fully saturated rings. The van der Waals surface area contributed by atoms with Gasteiger partial charge in [0.25, 0.3) is 0 Å². The summed E-state index contributed by atoms with van der Waals surface area (Å²) in [7, 11) is 0. The monoisotopic (exact) mass is 579 g/mol. The van der Waals surface area contributed by atoms with Crippen LogP contribution >= 0.6 is 0 Å². The van der Waals surface area contributed by atoms with Crippen molar-refractivity contribution in [2.24, 2.45) is 51.8 Å². The van der Waals surface area contributed by atoms with E-state index in [1.54, 1.807) is 5.57 Å². The number of carbonyl (C=O) groups is 2. The molecule has 0 bridgehead atoms. The average molecular weight is 580 g/mol. The van der Waals surface area contributed by atoms with Gasteiger partial charge in [-0.05, 0) is 98.2 Å². The molecular formula is C35H53N3O4. The summed E-state index contributed by atoms with van der Waals surface area (Å²) in [6.07, 6.45) is 13.6. The molecule has 11 atom stereocenters. The number of hydrogen-bond acceptors (Lipinski definition) is 5. The molecule has 0 aromatic carbocycles. The summed E-state index contributed by atoms with van der Waals surface area (Å²) in [4.78, 5) is 27.4. The van der Waals surface area contributed by atoms with E-state index in [1.165, 1.54) is 38.5 Å². The fourth-order valence-electron chi connectivity index (χ4n) is 12.0. The lowest BCUT2D eigenvalue weighted by Crippen LogP contribution is -2.67. The second-order valence-electron chi connectivity index (χ2n) is 16.9. The molecule has 2 amide bonds. The highest BCUT2D eigenvalue weighted by molar-refractivity contribution is 5.97. The van der Waals surface area contributed by atoms with E-state index >= 15 is 0 Å². The molecule has 0 aromatic heterocycles. The van der Waals surface area contributed by atoms with Crippen molar-refractivity contribution >= 4 is 11.8 Å². The van der Waals surface area contributed by atoms with Crippen LogP contribution in [0.15, 0.2) is 11.6 Å². The van der Waals surface area contributed by atoms with Crippen molar-refractivity contribution in [1.29, 1.82) is 0 Å². The van der Waals surface area contributed by atoms with Gasteiger partial charge in [-0.15, -0.1) is 0 Å². The molecule has 3 saturated carbocycles. The standard InChI is InChI=1S/C35H53N3O4/c1-21-7-12-35(36-16-21)22(2)31-28(42-35)14-27-25-6-5-23-13-24(8-10-32(23,3)26(25)9-11-33(27,31)4)37-29(39)15-30(40)38-17-34(18-38)19-41-20-34/h5,21-22,24-28,31,36H,6-20H2,1-4H3,(H,37,39)/t21-,22+,24-,25-,26+,27+,28+,31+,32+,33+,35-/m1/s1. The van der Waals surface area contributed by atoms with Crippen LogP contribution in [-0.4, -0.2) is 67.4 Å². The molecule has 2 spiro atoms. The normalized spacial score (nSPS) is 50.1. The highest BCUT2D eigenvalue weighted by atomic mass is 16.5. The summed E-state index contributed by atoms with van der Waals surface area (Å²) in [5.41, 5.74) is 2.30. The highest BCUT2D eigenvalue weighted by Gasteiger charge is 2.68. The number of rotatable bonds is 3. The summed E-state index contributed by atoms with van der Waals surface area (Å²) >= 11 is 0. The van der Waals surface area contributed by atoms with Crippen LogP contribution in [0.2, 0.25) is 0 Å². The first-order chi connectivity index (χ1) is 20.0. The number of fused-ring (bicyclic) bond motifs is 7. The number of allylic oxidation sites excluding steroid dienone is 1. The van der Waals surface area contributed by atoms with Crippen LogP contribution in [0.4, 0.5) is 0 Å². The van der Waals surface area contributed by atoms with Gasteiger partial charge in [0.05, 0.1) is 24.7 Å². The SMILES string of the molecule is C[C@@H]1CC[C@@]2(NC1)O[C@H]1C[C@H]3[C@@H]4CC=C5C[C@H](NC(=O)CC(=O)N6CC7(COC7)C6)CC[C@]5(C)[C@H]4CC[C@]3(C)[C@H]1[C@@H]2C. The molecule has 4 heterocycles. The Balaban J connectivity index is 0.912. The third-order valence-electron chi connectivity index (χ3n) is 14.5. The quantitative estimate of drug-likeness (QED) is 0.376. The molecule has 7 heteroatoms. The van der Waals surface area contributed by atoms with Crippen LogP contribution in [0.1, 0.15) is 91.9 Å². The lowest BCUT2D eigenvalue weighted by Gasteiger charge is -2.58. The van der Waals surface area contributed by atoms with Crippen molar-refractivity contribution in [2.45, 2.75) is 110 Å². The van der Waals surface area contributed by atoms with Crippen LogP contribution in [-0.2, 0) is 19.1 Å². The van der Waals surface area contributed by atoms with Gasteiger partial charge < -0.3 is 19.7 Å². The molecule has 0 radical (unpaired) electrons. The van der Waals surface area contributed by atoms with E-state index in [2.05, 4.69) is 44.4 Å². The molecule has 7 nitrogen and oxygen atoms in total. The van der Waals surface area contributed by atoms with Gasteiger partial charge in [0.15, 0.2) is 0 Å². The van der Waals surface area contributed by atoms with Crippen LogP contribution < -0.4 is 10.6 Å². The summed E-state index contributed by atoms with van der Waals surface area (Å²) in [5, 5.41) is 7.15. The largest absolute Gasteiger partial charge is 0.380 e. The van der Waals surface area contributed by atoms with E-state index in [0.717, 1.165) is 75.8 Å². The number of piperidine rings is 1. The van der Waals surface area contributed by atoms with Gasteiger partial charge >= 0.3 is 0 Å². The molecule has 4 aliphatic carbocycles. The summed E-state index contributed by atoms with van der Waals surface area (Å²) in [6.45, 7) is 14.1. The average Bonchev–Trinajstić information content (AvgIpc) is 3.34. The van der Waals surface area contributed by atoms with Gasteiger partial charge in [0.1, 0.15) is 12.1 Å². The van der Waals surface area contributed by atoms with Gasteiger partial charge in [-0.25, -0.2) is 0 Å². The molecule has 8 aliphatic rings. The third-order valence-corrected chi connectivity index (χ3v) is 14.5. The van der Waals surface area contributed by atoms with E-state index < -0.39 is 0 Å². The predicted octanol–water partition coefficient (Wildman–Crippen LogP) is 4.66.